The third kappa shape index (κ3) is 5.91. The first-order chi connectivity index (χ1) is 9.93. The lowest BCUT2D eigenvalue weighted by Crippen LogP contribution is -2.24. The van der Waals surface area contributed by atoms with E-state index in [-0.39, 0.29) is 11.5 Å². The normalized spacial score (nSPS) is 10.5. The molecular formula is C15H21FN2O3. The maximum absolute atomic E-state index is 13.4. The number of rotatable bonds is 7. The molecule has 0 aromatic heterocycles. The van der Waals surface area contributed by atoms with E-state index < -0.39 is 11.8 Å². The van der Waals surface area contributed by atoms with Crippen LogP contribution in [-0.2, 0) is 9.53 Å². The molecule has 1 amide bonds. The number of methoxy groups -OCH3 is 1. The Morgan fingerprint density at radius 1 is 1.33 bits per heavy atom. The first-order valence-electron chi connectivity index (χ1n) is 6.85. The molecule has 1 aromatic rings. The zero-order valence-electron chi connectivity index (χ0n) is 12.5. The van der Waals surface area contributed by atoms with Crippen molar-refractivity contribution in [2.24, 2.45) is 0 Å². The maximum atomic E-state index is 13.4. The fraction of sp³-hybridized carbons (Fsp3) is 0.467. The van der Waals surface area contributed by atoms with Crippen molar-refractivity contribution in [2.45, 2.75) is 32.7 Å². The van der Waals surface area contributed by atoms with Crippen LogP contribution in [0, 0.1) is 5.82 Å². The molecule has 1 aromatic carbocycles. The molecule has 0 aliphatic rings. The maximum Gasteiger partial charge on any atom is 0.340 e. The summed E-state index contributed by atoms with van der Waals surface area (Å²) in [5.41, 5.74) is 0.176. The number of ether oxygens (including phenoxy) is 1. The van der Waals surface area contributed by atoms with Crippen LogP contribution in [0.1, 0.15) is 37.0 Å². The third-order valence-corrected chi connectivity index (χ3v) is 2.79. The highest BCUT2D eigenvalue weighted by atomic mass is 19.1. The molecule has 116 valence electrons. The highest BCUT2D eigenvalue weighted by Gasteiger charge is 2.13. The first-order valence-corrected chi connectivity index (χ1v) is 6.85. The first kappa shape index (κ1) is 17.1. The molecule has 6 heteroatoms. The van der Waals surface area contributed by atoms with Crippen molar-refractivity contribution in [1.82, 2.24) is 5.32 Å². The monoisotopic (exact) mass is 296 g/mol. The van der Waals surface area contributed by atoms with Gasteiger partial charge in [0.15, 0.2) is 0 Å². The standard InChI is InChI=1S/C15H21FN2O3/c1-10(2)17-8-4-5-14(19)18-11-6-7-13(16)12(9-11)15(20)21-3/h6-7,9-10,17H,4-5,8H2,1-3H3,(H,18,19). The number of carbonyl (C=O) groups is 2. The molecule has 0 fully saturated rings. The van der Waals surface area contributed by atoms with Crippen LogP contribution in [0.4, 0.5) is 10.1 Å². The van der Waals surface area contributed by atoms with Crippen LogP contribution in [0.5, 0.6) is 0 Å². The van der Waals surface area contributed by atoms with Crippen LogP contribution in [-0.4, -0.2) is 31.6 Å². The Bertz CT molecular complexity index is 504. The predicted octanol–water partition coefficient (Wildman–Crippen LogP) is 2.33. The Morgan fingerprint density at radius 3 is 2.67 bits per heavy atom. The Morgan fingerprint density at radius 2 is 2.05 bits per heavy atom. The number of benzene rings is 1. The summed E-state index contributed by atoms with van der Waals surface area (Å²) in [6.07, 6.45) is 1.06. The summed E-state index contributed by atoms with van der Waals surface area (Å²) in [6, 6.07) is 4.19. The lowest BCUT2D eigenvalue weighted by atomic mass is 10.2. The van der Waals surface area contributed by atoms with Gasteiger partial charge < -0.3 is 15.4 Å². The van der Waals surface area contributed by atoms with Gasteiger partial charge in [-0.1, -0.05) is 13.8 Å². The second kappa shape index (κ2) is 8.36. The molecule has 0 unspecified atom stereocenters. The van der Waals surface area contributed by atoms with E-state index in [0.29, 0.717) is 24.6 Å². The molecular weight excluding hydrogens is 275 g/mol. The smallest absolute Gasteiger partial charge is 0.340 e. The van der Waals surface area contributed by atoms with Gasteiger partial charge in [0.05, 0.1) is 12.7 Å². The summed E-state index contributed by atoms with van der Waals surface area (Å²) < 4.78 is 17.9. The second-order valence-electron chi connectivity index (χ2n) is 4.95. The predicted molar refractivity (Wildman–Crippen MR) is 78.7 cm³/mol. The average Bonchev–Trinajstić information content (AvgIpc) is 2.44. The summed E-state index contributed by atoms with van der Waals surface area (Å²) >= 11 is 0. The van der Waals surface area contributed by atoms with Crippen molar-refractivity contribution < 1.29 is 18.7 Å². The minimum Gasteiger partial charge on any atom is -0.465 e. The van der Waals surface area contributed by atoms with Gasteiger partial charge in [0.2, 0.25) is 5.91 Å². The molecule has 0 aliphatic carbocycles. The summed E-state index contributed by atoms with van der Waals surface area (Å²) in [5, 5.41) is 5.85. The van der Waals surface area contributed by atoms with Crippen LogP contribution < -0.4 is 10.6 Å². The van der Waals surface area contributed by atoms with Crippen LogP contribution in [0.25, 0.3) is 0 Å². The lowest BCUT2D eigenvalue weighted by molar-refractivity contribution is -0.116. The highest BCUT2D eigenvalue weighted by molar-refractivity contribution is 5.94. The van der Waals surface area contributed by atoms with E-state index in [4.69, 9.17) is 0 Å². The molecule has 2 N–H and O–H groups in total. The number of hydrogen-bond donors (Lipinski definition) is 2. The molecule has 0 atom stereocenters. The quantitative estimate of drug-likeness (QED) is 0.598. The molecule has 0 heterocycles. The molecule has 5 nitrogen and oxygen atoms in total. The van der Waals surface area contributed by atoms with Crippen molar-refractivity contribution in [3.05, 3.63) is 29.6 Å². The number of hydrogen-bond acceptors (Lipinski definition) is 4. The van der Waals surface area contributed by atoms with E-state index in [1.54, 1.807) is 0 Å². The van der Waals surface area contributed by atoms with Gasteiger partial charge in [-0.2, -0.15) is 0 Å². The molecule has 0 saturated heterocycles. The fourth-order valence-electron chi connectivity index (χ4n) is 1.73. The van der Waals surface area contributed by atoms with Crippen molar-refractivity contribution >= 4 is 17.6 Å². The van der Waals surface area contributed by atoms with Crippen molar-refractivity contribution in [3.63, 3.8) is 0 Å². The minimum atomic E-state index is -0.773. The number of halogens is 1. The summed E-state index contributed by atoms with van der Waals surface area (Å²) in [7, 11) is 1.18. The Kier molecular flexibility index (Phi) is 6.81. The Balaban J connectivity index is 2.54. The largest absolute Gasteiger partial charge is 0.465 e. The van der Waals surface area contributed by atoms with Gasteiger partial charge in [-0.25, -0.2) is 9.18 Å². The van der Waals surface area contributed by atoms with Crippen LogP contribution >= 0.6 is 0 Å². The average molecular weight is 296 g/mol. The Labute approximate surface area is 123 Å². The molecule has 0 radical (unpaired) electrons. The summed E-state index contributed by atoms with van der Waals surface area (Å²) in [5.74, 6) is -1.63. The summed E-state index contributed by atoms with van der Waals surface area (Å²) in [6.45, 7) is 4.82. The van der Waals surface area contributed by atoms with Crippen LogP contribution in [0.3, 0.4) is 0 Å². The van der Waals surface area contributed by atoms with E-state index in [0.717, 1.165) is 12.6 Å². The Hall–Kier alpha value is -1.95. The van der Waals surface area contributed by atoms with Gasteiger partial charge in [-0.15, -0.1) is 0 Å². The number of anilines is 1. The minimum absolute atomic E-state index is 0.178. The number of amides is 1. The van der Waals surface area contributed by atoms with Gasteiger partial charge in [0.1, 0.15) is 5.82 Å². The van der Waals surface area contributed by atoms with Gasteiger partial charge in [0.25, 0.3) is 0 Å². The second-order valence-corrected chi connectivity index (χ2v) is 4.95. The molecule has 0 saturated carbocycles. The van der Waals surface area contributed by atoms with Crippen LogP contribution in [0.15, 0.2) is 18.2 Å². The van der Waals surface area contributed by atoms with E-state index >= 15 is 0 Å². The van der Waals surface area contributed by atoms with Gasteiger partial charge in [-0.05, 0) is 31.2 Å². The zero-order valence-corrected chi connectivity index (χ0v) is 12.5. The van der Waals surface area contributed by atoms with Crippen molar-refractivity contribution in [3.8, 4) is 0 Å². The SMILES string of the molecule is COC(=O)c1cc(NC(=O)CCCNC(C)C)ccc1F. The zero-order chi connectivity index (χ0) is 15.8. The van der Waals surface area contributed by atoms with E-state index in [9.17, 15) is 14.0 Å². The van der Waals surface area contributed by atoms with Gasteiger partial charge in [0, 0.05) is 18.2 Å². The fourth-order valence-corrected chi connectivity index (χ4v) is 1.73. The number of esters is 1. The molecule has 0 aliphatic heterocycles. The molecule has 21 heavy (non-hydrogen) atoms. The third-order valence-electron chi connectivity index (χ3n) is 2.79. The van der Waals surface area contributed by atoms with E-state index in [1.165, 1.54) is 19.2 Å². The number of carbonyl (C=O) groups excluding carboxylic acids is 2. The van der Waals surface area contributed by atoms with Gasteiger partial charge >= 0.3 is 5.97 Å². The molecule has 0 spiro atoms. The molecule has 1 rings (SSSR count). The number of nitrogens with one attached hydrogen (secondary N) is 2. The van der Waals surface area contributed by atoms with Crippen LogP contribution in [0.2, 0.25) is 0 Å². The molecule has 0 bridgehead atoms. The topological polar surface area (TPSA) is 67.4 Å². The summed E-state index contributed by atoms with van der Waals surface area (Å²) in [4.78, 5) is 23.1. The highest BCUT2D eigenvalue weighted by Crippen LogP contribution is 2.16. The van der Waals surface area contributed by atoms with Gasteiger partial charge in [-0.3, -0.25) is 4.79 Å². The van der Waals surface area contributed by atoms with E-state index in [2.05, 4.69) is 15.4 Å². The van der Waals surface area contributed by atoms with Crippen molar-refractivity contribution in [1.29, 1.82) is 0 Å². The van der Waals surface area contributed by atoms with Crippen molar-refractivity contribution in [2.75, 3.05) is 19.0 Å². The lowest BCUT2D eigenvalue weighted by Gasteiger charge is -2.09. The van der Waals surface area contributed by atoms with E-state index in [1.807, 2.05) is 13.8 Å².